The highest BCUT2D eigenvalue weighted by atomic mass is 32.2. The summed E-state index contributed by atoms with van der Waals surface area (Å²) in [5.41, 5.74) is 2.78. The zero-order valence-electron chi connectivity index (χ0n) is 18.4. The summed E-state index contributed by atoms with van der Waals surface area (Å²) in [5.74, 6) is -1.34. The van der Waals surface area contributed by atoms with Crippen molar-refractivity contribution in [2.45, 2.75) is 11.8 Å². The standard InChI is InChI=1S/C24H20N4O6S/c1-15(29)28-35(32,33)19-10-8-18(9-11-19)25-22(30)14-34-24(31)17-7-12-20-21(13-17)27-23(26-20)16-5-3-2-4-6-16/h2-13H,14H2,1H3,(H,25,30)(H,26,27)(H,28,29). The van der Waals surface area contributed by atoms with Crippen molar-refractivity contribution in [2.24, 2.45) is 0 Å². The Morgan fingerprint density at radius 1 is 0.971 bits per heavy atom. The first-order valence-corrected chi connectivity index (χ1v) is 11.9. The minimum absolute atomic E-state index is 0.137. The first kappa shape index (κ1) is 23.6. The van der Waals surface area contributed by atoms with E-state index in [1.807, 2.05) is 35.1 Å². The molecular formula is C24H20N4O6S. The van der Waals surface area contributed by atoms with Gasteiger partial charge in [-0.25, -0.2) is 22.9 Å². The number of sulfonamides is 1. The lowest BCUT2D eigenvalue weighted by molar-refractivity contribution is -0.119. The fraction of sp³-hybridized carbons (Fsp3) is 0.0833. The van der Waals surface area contributed by atoms with Gasteiger partial charge in [0.2, 0.25) is 5.91 Å². The molecule has 2 amide bonds. The summed E-state index contributed by atoms with van der Waals surface area (Å²) in [5, 5.41) is 2.50. The monoisotopic (exact) mass is 492 g/mol. The molecule has 3 aromatic carbocycles. The molecule has 4 rings (SSSR count). The largest absolute Gasteiger partial charge is 0.452 e. The lowest BCUT2D eigenvalue weighted by atomic mass is 10.2. The van der Waals surface area contributed by atoms with Crippen LogP contribution in [0.15, 0.2) is 77.7 Å². The van der Waals surface area contributed by atoms with Gasteiger partial charge in [-0.1, -0.05) is 30.3 Å². The van der Waals surface area contributed by atoms with Crippen molar-refractivity contribution in [3.05, 3.63) is 78.4 Å². The molecule has 11 heteroatoms. The SMILES string of the molecule is CC(=O)NS(=O)(=O)c1ccc(NC(=O)COC(=O)c2ccc3nc(-c4ccccc4)[nH]c3c2)cc1. The molecule has 1 aromatic heterocycles. The highest BCUT2D eigenvalue weighted by Gasteiger charge is 2.16. The van der Waals surface area contributed by atoms with Crippen LogP contribution < -0.4 is 10.0 Å². The Morgan fingerprint density at radius 3 is 2.37 bits per heavy atom. The van der Waals surface area contributed by atoms with Gasteiger partial charge in [-0.05, 0) is 42.5 Å². The predicted molar refractivity (Wildman–Crippen MR) is 128 cm³/mol. The van der Waals surface area contributed by atoms with E-state index >= 15 is 0 Å². The molecule has 0 aliphatic heterocycles. The van der Waals surface area contributed by atoms with E-state index in [-0.39, 0.29) is 10.5 Å². The zero-order valence-corrected chi connectivity index (χ0v) is 19.3. The molecular weight excluding hydrogens is 472 g/mol. The lowest BCUT2D eigenvalue weighted by Gasteiger charge is -2.08. The molecule has 0 saturated carbocycles. The number of imidazole rings is 1. The number of hydrogen-bond acceptors (Lipinski definition) is 7. The number of nitrogens with one attached hydrogen (secondary N) is 3. The number of carbonyl (C=O) groups excluding carboxylic acids is 3. The summed E-state index contributed by atoms with van der Waals surface area (Å²) in [6.45, 7) is 0.545. The number of ether oxygens (including phenoxy) is 1. The number of esters is 1. The quantitative estimate of drug-likeness (QED) is 0.336. The molecule has 0 atom stereocenters. The Kier molecular flexibility index (Phi) is 6.60. The number of carbonyl (C=O) groups is 3. The summed E-state index contributed by atoms with van der Waals surface area (Å²) in [4.78, 5) is 43.1. The minimum Gasteiger partial charge on any atom is -0.452 e. The van der Waals surface area contributed by atoms with E-state index < -0.39 is 34.4 Å². The van der Waals surface area contributed by atoms with Gasteiger partial charge in [-0.2, -0.15) is 0 Å². The summed E-state index contributed by atoms with van der Waals surface area (Å²) in [7, 11) is -3.98. The predicted octanol–water partition coefficient (Wildman–Crippen LogP) is 2.85. The van der Waals surface area contributed by atoms with Gasteiger partial charge in [0.25, 0.3) is 15.9 Å². The fourth-order valence-corrected chi connectivity index (χ4v) is 4.24. The Labute approximate surface area is 200 Å². The average molecular weight is 493 g/mol. The summed E-state index contributed by atoms with van der Waals surface area (Å²) >= 11 is 0. The number of amides is 2. The average Bonchev–Trinajstić information content (AvgIpc) is 3.26. The van der Waals surface area contributed by atoms with Crippen LogP contribution in [0, 0.1) is 0 Å². The number of nitrogens with zero attached hydrogens (tertiary/aromatic N) is 1. The Morgan fingerprint density at radius 2 is 1.69 bits per heavy atom. The van der Waals surface area contributed by atoms with Crippen LogP contribution in [0.1, 0.15) is 17.3 Å². The third kappa shape index (κ3) is 5.71. The summed E-state index contributed by atoms with van der Waals surface area (Å²) < 4.78 is 30.9. The van der Waals surface area contributed by atoms with E-state index in [4.69, 9.17) is 4.74 Å². The molecule has 0 unspecified atom stereocenters. The molecule has 3 N–H and O–H groups in total. The van der Waals surface area contributed by atoms with Crippen molar-refractivity contribution < 1.29 is 27.5 Å². The van der Waals surface area contributed by atoms with Crippen LogP contribution in [0.25, 0.3) is 22.4 Å². The second-order valence-electron chi connectivity index (χ2n) is 7.49. The van der Waals surface area contributed by atoms with E-state index in [0.717, 1.165) is 12.5 Å². The van der Waals surface area contributed by atoms with Gasteiger partial charge in [0.1, 0.15) is 5.82 Å². The Balaban J connectivity index is 1.36. The number of rotatable bonds is 7. The fourth-order valence-electron chi connectivity index (χ4n) is 3.25. The molecule has 35 heavy (non-hydrogen) atoms. The van der Waals surface area contributed by atoms with Gasteiger partial charge >= 0.3 is 5.97 Å². The second kappa shape index (κ2) is 9.77. The van der Waals surface area contributed by atoms with Crippen LogP contribution in [0.5, 0.6) is 0 Å². The van der Waals surface area contributed by atoms with Crippen molar-refractivity contribution in [1.29, 1.82) is 0 Å². The number of aromatic nitrogens is 2. The molecule has 0 aliphatic carbocycles. The maximum Gasteiger partial charge on any atom is 0.338 e. The number of hydrogen-bond donors (Lipinski definition) is 3. The summed E-state index contributed by atoms with van der Waals surface area (Å²) in [6.07, 6.45) is 0. The van der Waals surface area contributed by atoms with Gasteiger partial charge < -0.3 is 15.0 Å². The second-order valence-corrected chi connectivity index (χ2v) is 9.18. The van der Waals surface area contributed by atoms with Crippen LogP contribution in [0.4, 0.5) is 5.69 Å². The van der Waals surface area contributed by atoms with Crippen molar-refractivity contribution in [3.8, 4) is 11.4 Å². The highest BCUT2D eigenvalue weighted by molar-refractivity contribution is 7.90. The van der Waals surface area contributed by atoms with Crippen molar-refractivity contribution in [3.63, 3.8) is 0 Å². The summed E-state index contributed by atoms with van der Waals surface area (Å²) in [6, 6.07) is 19.6. The minimum atomic E-state index is -3.98. The molecule has 10 nitrogen and oxygen atoms in total. The van der Waals surface area contributed by atoms with E-state index in [1.165, 1.54) is 24.3 Å². The van der Waals surface area contributed by atoms with Crippen LogP contribution >= 0.6 is 0 Å². The molecule has 0 fully saturated rings. The first-order chi connectivity index (χ1) is 16.7. The van der Waals surface area contributed by atoms with Crippen LogP contribution in [-0.2, 0) is 24.3 Å². The van der Waals surface area contributed by atoms with Crippen molar-refractivity contribution in [1.82, 2.24) is 14.7 Å². The zero-order chi connectivity index (χ0) is 25.0. The number of anilines is 1. The van der Waals surface area contributed by atoms with Gasteiger partial charge in [0, 0.05) is 18.2 Å². The number of benzene rings is 3. The number of fused-ring (bicyclic) bond motifs is 1. The Hall–Kier alpha value is -4.51. The van der Waals surface area contributed by atoms with Gasteiger partial charge in [0.05, 0.1) is 21.5 Å². The van der Waals surface area contributed by atoms with Crippen LogP contribution in [0.3, 0.4) is 0 Å². The van der Waals surface area contributed by atoms with E-state index in [9.17, 15) is 22.8 Å². The molecule has 0 saturated heterocycles. The molecule has 0 bridgehead atoms. The molecule has 0 spiro atoms. The normalized spacial score (nSPS) is 11.1. The number of aromatic amines is 1. The van der Waals surface area contributed by atoms with Crippen molar-refractivity contribution >= 4 is 44.5 Å². The van der Waals surface area contributed by atoms with Gasteiger partial charge in [0.15, 0.2) is 6.61 Å². The molecule has 178 valence electrons. The van der Waals surface area contributed by atoms with Gasteiger partial charge in [-0.3, -0.25) is 9.59 Å². The van der Waals surface area contributed by atoms with E-state index in [1.54, 1.807) is 18.2 Å². The smallest absolute Gasteiger partial charge is 0.338 e. The lowest BCUT2D eigenvalue weighted by Crippen LogP contribution is -2.28. The molecule has 0 aliphatic rings. The highest BCUT2D eigenvalue weighted by Crippen LogP contribution is 2.21. The maximum atomic E-state index is 12.4. The third-order valence-electron chi connectivity index (χ3n) is 4.83. The molecule has 4 aromatic rings. The van der Waals surface area contributed by atoms with E-state index in [0.29, 0.717) is 22.5 Å². The van der Waals surface area contributed by atoms with E-state index in [2.05, 4.69) is 15.3 Å². The first-order valence-electron chi connectivity index (χ1n) is 10.4. The topological polar surface area (TPSA) is 147 Å². The molecule has 0 radical (unpaired) electrons. The van der Waals surface area contributed by atoms with Crippen LogP contribution in [0.2, 0.25) is 0 Å². The Bertz CT molecular complexity index is 1510. The number of H-pyrrole nitrogens is 1. The third-order valence-corrected chi connectivity index (χ3v) is 6.27. The maximum absolute atomic E-state index is 12.4. The van der Waals surface area contributed by atoms with Crippen LogP contribution in [-0.4, -0.2) is 42.8 Å². The van der Waals surface area contributed by atoms with Crippen molar-refractivity contribution in [2.75, 3.05) is 11.9 Å². The van der Waals surface area contributed by atoms with Gasteiger partial charge in [-0.15, -0.1) is 0 Å². The molecule has 1 heterocycles.